The number of carbonyl (C=O) groups excluding carboxylic acids is 1. The molecule has 0 aromatic rings. The minimum absolute atomic E-state index is 0.0343. The van der Waals surface area contributed by atoms with Gasteiger partial charge in [0.15, 0.2) is 0 Å². The van der Waals surface area contributed by atoms with Crippen molar-refractivity contribution in [2.75, 3.05) is 19.8 Å². The molecule has 0 heterocycles. The van der Waals surface area contributed by atoms with Crippen LogP contribution in [0.2, 0.25) is 0 Å². The molecule has 1 unspecified atom stereocenters. The number of unbranched alkanes of at least 4 members (excludes halogenated alkanes) is 1. The topological polar surface area (TPSA) is 58.6 Å². The fourth-order valence-electron chi connectivity index (χ4n) is 0.806. The van der Waals surface area contributed by atoms with Crippen molar-refractivity contribution >= 4 is 5.97 Å². The van der Waals surface area contributed by atoms with Crippen molar-refractivity contribution in [3.05, 3.63) is 0 Å². The van der Waals surface area contributed by atoms with Crippen LogP contribution in [-0.4, -0.2) is 36.9 Å². The first-order chi connectivity index (χ1) is 6.22. The van der Waals surface area contributed by atoms with Crippen LogP contribution < -0.4 is 5.32 Å². The van der Waals surface area contributed by atoms with Crippen molar-refractivity contribution in [3.8, 4) is 0 Å². The maximum atomic E-state index is 11.2. The Morgan fingerprint density at radius 2 is 2.31 bits per heavy atom. The molecule has 0 bridgehead atoms. The van der Waals surface area contributed by atoms with Crippen LogP contribution in [0.25, 0.3) is 0 Å². The summed E-state index contributed by atoms with van der Waals surface area (Å²) in [7, 11) is 0. The predicted octanol–water partition coefficient (Wildman–Crippen LogP) is 0.300. The number of aliphatic hydroxyl groups excluding tert-OH is 1. The summed E-state index contributed by atoms with van der Waals surface area (Å²) in [5.41, 5.74) is 0. The minimum atomic E-state index is -0.330. The summed E-state index contributed by atoms with van der Waals surface area (Å²) in [6, 6.07) is -0.330. The molecule has 2 N–H and O–H groups in total. The molecule has 0 saturated heterocycles. The summed E-state index contributed by atoms with van der Waals surface area (Å²) in [5.74, 6) is -0.248. The molecule has 0 rings (SSSR count). The van der Waals surface area contributed by atoms with Crippen molar-refractivity contribution in [1.29, 1.82) is 0 Å². The van der Waals surface area contributed by atoms with E-state index in [-0.39, 0.29) is 18.6 Å². The van der Waals surface area contributed by atoms with Crippen molar-refractivity contribution in [2.24, 2.45) is 0 Å². The first-order valence-corrected chi connectivity index (χ1v) is 4.73. The van der Waals surface area contributed by atoms with E-state index in [0.717, 1.165) is 12.8 Å². The summed E-state index contributed by atoms with van der Waals surface area (Å²) in [5, 5.41) is 11.3. The zero-order valence-electron chi connectivity index (χ0n) is 8.38. The molecular weight excluding hydrogens is 170 g/mol. The third kappa shape index (κ3) is 6.54. The van der Waals surface area contributed by atoms with Crippen LogP contribution in [0.5, 0.6) is 0 Å². The first-order valence-electron chi connectivity index (χ1n) is 4.73. The molecule has 0 aliphatic rings. The van der Waals surface area contributed by atoms with E-state index < -0.39 is 0 Å². The highest BCUT2D eigenvalue weighted by Gasteiger charge is 2.12. The Morgan fingerprint density at radius 1 is 1.62 bits per heavy atom. The van der Waals surface area contributed by atoms with Gasteiger partial charge in [0.1, 0.15) is 6.04 Å². The molecule has 0 aromatic heterocycles. The molecule has 0 radical (unpaired) electrons. The highest BCUT2D eigenvalue weighted by Crippen LogP contribution is 1.92. The van der Waals surface area contributed by atoms with Crippen LogP contribution in [0.3, 0.4) is 0 Å². The SMILES string of the molecule is CCCCOC(=O)C(C)NCCO. The third-order valence-electron chi connectivity index (χ3n) is 1.66. The molecule has 1 atom stereocenters. The van der Waals surface area contributed by atoms with Gasteiger partial charge in [0.25, 0.3) is 0 Å². The molecule has 0 amide bonds. The lowest BCUT2D eigenvalue weighted by Gasteiger charge is -2.11. The number of rotatable bonds is 7. The van der Waals surface area contributed by atoms with E-state index in [4.69, 9.17) is 9.84 Å². The average molecular weight is 189 g/mol. The predicted molar refractivity (Wildman–Crippen MR) is 50.4 cm³/mol. The van der Waals surface area contributed by atoms with Crippen LogP contribution >= 0.6 is 0 Å². The number of aliphatic hydroxyl groups is 1. The molecule has 13 heavy (non-hydrogen) atoms. The van der Waals surface area contributed by atoms with E-state index in [1.54, 1.807) is 6.92 Å². The van der Waals surface area contributed by atoms with Gasteiger partial charge in [0.05, 0.1) is 13.2 Å². The number of carbonyl (C=O) groups is 1. The second-order valence-corrected chi connectivity index (χ2v) is 2.92. The second-order valence-electron chi connectivity index (χ2n) is 2.92. The minimum Gasteiger partial charge on any atom is -0.465 e. The van der Waals surface area contributed by atoms with Crippen molar-refractivity contribution in [2.45, 2.75) is 32.7 Å². The molecule has 0 aromatic carbocycles. The Kier molecular flexibility index (Phi) is 7.63. The maximum Gasteiger partial charge on any atom is 0.322 e. The van der Waals surface area contributed by atoms with Gasteiger partial charge < -0.3 is 15.2 Å². The maximum absolute atomic E-state index is 11.2. The van der Waals surface area contributed by atoms with Gasteiger partial charge in [-0.05, 0) is 13.3 Å². The quantitative estimate of drug-likeness (QED) is 0.447. The highest BCUT2D eigenvalue weighted by atomic mass is 16.5. The van der Waals surface area contributed by atoms with E-state index in [1.165, 1.54) is 0 Å². The molecule has 0 saturated carbocycles. The summed E-state index contributed by atoms with van der Waals surface area (Å²) in [6.45, 7) is 4.71. The van der Waals surface area contributed by atoms with Crippen LogP contribution in [-0.2, 0) is 9.53 Å². The van der Waals surface area contributed by atoms with E-state index >= 15 is 0 Å². The zero-order valence-corrected chi connectivity index (χ0v) is 8.38. The summed E-state index contributed by atoms with van der Waals surface area (Å²) >= 11 is 0. The van der Waals surface area contributed by atoms with Crippen LogP contribution in [0.4, 0.5) is 0 Å². The molecular formula is C9H19NO3. The van der Waals surface area contributed by atoms with Gasteiger partial charge in [-0.3, -0.25) is 4.79 Å². The molecule has 4 heteroatoms. The Morgan fingerprint density at radius 3 is 2.85 bits per heavy atom. The largest absolute Gasteiger partial charge is 0.465 e. The van der Waals surface area contributed by atoms with Gasteiger partial charge in [-0.1, -0.05) is 13.3 Å². The number of nitrogens with one attached hydrogen (secondary N) is 1. The van der Waals surface area contributed by atoms with Crippen molar-refractivity contribution in [3.63, 3.8) is 0 Å². The van der Waals surface area contributed by atoms with Gasteiger partial charge in [-0.15, -0.1) is 0 Å². The van der Waals surface area contributed by atoms with E-state index in [0.29, 0.717) is 13.2 Å². The highest BCUT2D eigenvalue weighted by molar-refractivity contribution is 5.75. The molecule has 0 spiro atoms. The smallest absolute Gasteiger partial charge is 0.322 e. The lowest BCUT2D eigenvalue weighted by molar-refractivity contribution is -0.145. The summed E-state index contributed by atoms with van der Waals surface area (Å²) in [6.07, 6.45) is 1.92. The van der Waals surface area contributed by atoms with Crippen molar-refractivity contribution in [1.82, 2.24) is 5.32 Å². The van der Waals surface area contributed by atoms with Crippen LogP contribution in [0.15, 0.2) is 0 Å². The molecule has 4 nitrogen and oxygen atoms in total. The third-order valence-corrected chi connectivity index (χ3v) is 1.66. The lowest BCUT2D eigenvalue weighted by atomic mass is 10.3. The van der Waals surface area contributed by atoms with E-state index in [2.05, 4.69) is 5.32 Å². The van der Waals surface area contributed by atoms with Gasteiger partial charge in [-0.25, -0.2) is 0 Å². The fraction of sp³-hybridized carbons (Fsp3) is 0.889. The van der Waals surface area contributed by atoms with Gasteiger partial charge >= 0.3 is 5.97 Å². The van der Waals surface area contributed by atoms with Crippen LogP contribution in [0.1, 0.15) is 26.7 Å². The Balaban J connectivity index is 3.45. The van der Waals surface area contributed by atoms with Gasteiger partial charge in [-0.2, -0.15) is 0 Å². The molecule has 0 aliphatic carbocycles. The normalized spacial score (nSPS) is 12.5. The standard InChI is InChI=1S/C9H19NO3/c1-3-4-7-13-9(12)8(2)10-5-6-11/h8,10-11H,3-7H2,1-2H3. The Labute approximate surface area is 79.3 Å². The molecule has 0 aliphatic heterocycles. The molecule has 78 valence electrons. The summed E-state index contributed by atoms with van der Waals surface area (Å²) in [4.78, 5) is 11.2. The number of ether oxygens (including phenoxy) is 1. The number of hydrogen-bond donors (Lipinski definition) is 2. The fourth-order valence-corrected chi connectivity index (χ4v) is 0.806. The average Bonchev–Trinajstić information content (AvgIpc) is 2.14. The first kappa shape index (κ1) is 12.4. The van der Waals surface area contributed by atoms with Gasteiger partial charge in [0, 0.05) is 6.54 Å². The van der Waals surface area contributed by atoms with Crippen molar-refractivity contribution < 1.29 is 14.6 Å². The lowest BCUT2D eigenvalue weighted by Crippen LogP contribution is -2.37. The van der Waals surface area contributed by atoms with Crippen LogP contribution in [0, 0.1) is 0 Å². The number of esters is 1. The Bertz CT molecular complexity index is 139. The van der Waals surface area contributed by atoms with E-state index in [1.807, 2.05) is 6.92 Å². The monoisotopic (exact) mass is 189 g/mol. The molecule has 0 fully saturated rings. The van der Waals surface area contributed by atoms with E-state index in [9.17, 15) is 4.79 Å². The second kappa shape index (κ2) is 8.01. The zero-order chi connectivity index (χ0) is 10.1. The van der Waals surface area contributed by atoms with Gasteiger partial charge in [0.2, 0.25) is 0 Å². The Hall–Kier alpha value is -0.610. The summed E-state index contributed by atoms with van der Waals surface area (Å²) < 4.78 is 4.96. The number of hydrogen-bond acceptors (Lipinski definition) is 4.